The largest absolute Gasteiger partial charge is 0.378 e. The SMILES string of the molecule is CC1CCCN(CCCCNC(=O)c2cc(S(=O)(=O)N(C)C)ccc2N2CCOCC2)C1. The number of rotatable bonds is 9. The molecule has 32 heavy (non-hydrogen) atoms. The second kappa shape index (κ2) is 11.4. The second-order valence-electron chi connectivity index (χ2n) is 9.08. The van der Waals surface area contributed by atoms with Crippen molar-refractivity contribution in [3.63, 3.8) is 0 Å². The molecule has 1 aromatic carbocycles. The number of carbonyl (C=O) groups excluding carboxylic acids is 1. The zero-order valence-electron chi connectivity index (χ0n) is 19.7. The molecular weight excluding hydrogens is 428 g/mol. The van der Waals surface area contributed by atoms with Crippen LogP contribution in [0.4, 0.5) is 5.69 Å². The summed E-state index contributed by atoms with van der Waals surface area (Å²) in [6.45, 7) is 8.83. The smallest absolute Gasteiger partial charge is 0.253 e. The molecule has 2 saturated heterocycles. The number of nitrogens with zero attached hydrogens (tertiary/aromatic N) is 3. The first-order valence-electron chi connectivity index (χ1n) is 11.7. The fourth-order valence-corrected chi connectivity index (χ4v) is 5.32. The number of likely N-dealkylation sites (tertiary alicyclic amines) is 1. The fraction of sp³-hybridized carbons (Fsp3) is 0.696. The predicted octanol–water partition coefficient (Wildman–Crippen LogP) is 2.02. The molecule has 8 nitrogen and oxygen atoms in total. The van der Waals surface area contributed by atoms with Crippen molar-refractivity contribution < 1.29 is 17.9 Å². The van der Waals surface area contributed by atoms with E-state index in [1.165, 1.54) is 50.4 Å². The Morgan fingerprint density at radius 1 is 1.19 bits per heavy atom. The third-order valence-electron chi connectivity index (χ3n) is 6.27. The quantitative estimate of drug-likeness (QED) is 0.561. The van der Waals surface area contributed by atoms with Gasteiger partial charge in [0.15, 0.2) is 0 Å². The highest BCUT2D eigenvalue weighted by Crippen LogP contribution is 2.26. The molecule has 0 radical (unpaired) electrons. The van der Waals surface area contributed by atoms with E-state index in [4.69, 9.17) is 4.74 Å². The number of ether oxygens (including phenoxy) is 1. The minimum Gasteiger partial charge on any atom is -0.378 e. The standard InChI is InChI=1S/C23H38N4O4S/c1-19-7-6-12-26(18-19)11-5-4-10-24-23(28)21-17-20(32(29,30)25(2)3)8-9-22(21)27-13-15-31-16-14-27/h8-9,17,19H,4-7,10-16,18H2,1-3H3,(H,24,28). The number of nitrogens with one attached hydrogen (secondary N) is 1. The van der Waals surface area contributed by atoms with Gasteiger partial charge in [-0.1, -0.05) is 6.92 Å². The summed E-state index contributed by atoms with van der Waals surface area (Å²) in [6, 6.07) is 4.83. The number of amides is 1. The maximum atomic E-state index is 13.1. The van der Waals surface area contributed by atoms with E-state index in [-0.39, 0.29) is 10.8 Å². The Labute approximate surface area is 192 Å². The highest BCUT2D eigenvalue weighted by molar-refractivity contribution is 7.89. The number of anilines is 1. The number of piperidine rings is 1. The summed E-state index contributed by atoms with van der Waals surface area (Å²) in [7, 11) is -0.634. The fourth-order valence-electron chi connectivity index (χ4n) is 4.40. The van der Waals surface area contributed by atoms with Crippen LogP contribution in [0.1, 0.15) is 43.0 Å². The van der Waals surface area contributed by atoms with E-state index in [0.717, 1.165) is 31.0 Å². The molecule has 180 valence electrons. The van der Waals surface area contributed by atoms with Gasteiger partial charge < -0.3 is 19.9 Å². The maximum Gasteiger partial charge on any atom is 0.253 e. The third kappa shape index (κ3) is 6.43. The summed E-state index contributed by atoms with van der Waals surface area (Å²) in [5.74, 6) is 0.543. The molecule has 1 unspecified atom stereocenters. The molecule has 9 heteroatoms. The van der Waals surface area contributed by atoms with E-state index in [1.807, 2.05) is 0 Å². The lowest BCUT2D eigenvalue weighted by Crippen LogP contribution is -2.38. The van der Waals surface area contributed by atoms with Gasteiger partial charge in [0.25, 0.3) is 5.91 Å². The van der Waals surface area contributed by atoms with Crippen LogP contribution in [-0.4, -0.2) is 90.1 Å². The van der Waals surface area contributed by atoms with Gasteiger partial charge in [0.2, 0.25) is 10.0 Å². The summed E-state index contributed by atoms with van der Waals surface area (Å²) < 4.78 is 31.8. The zero-order chi connectivity index (χ0) is 23.1. The monoisotopic (exact) mass is 466 g/mol. The van der Waals surface area contributed by atoms with Gasteiger partial charge in [-0.2, -0.15) is 0 Å². The van der Waals surface area contributed by atoms with Crippen LogP contribution in [0.5, 0.6) is 0 Å². The Morgan fingerprint density at radius 3 is 2.62 bits per heavy atom. The summed E-state index contributed by atoms with van der Waals surface area (Å²) in [5.41, 5.74) is 1.16. The summed E-state index contributed by atoms with van der Waals surface area (Å²) >= 11 is 0. The Bertz CT molecular complexity index is 869. The molecule has 1 aromatic rings. The number of benzene rings is 1. The maximum absolute atomic E-state index is 13.1. The summed E-state index contributed by atoms with van der Waals surface area (Å²) in [5, 5.41) is 3.01. The molecule has 1 amide bonds. The highest BCUT2D eigenvalue weighted by atomic mass is 32.2. The molecule has 0 aromatic heterocycles. The molecule has 0 saturated carbocycles. The van der Waals surface area contributed by atoms with Gasteiger partial charge in [-0.15, -0.1) is 0 Å². The van der Waals surface area contributed by atoms with Gasteiger partial charge in [-0.3, -0.25) is 4.79 Å². The minimum absolute atomic E-state index is 0.129. The lowest BCUT2D eigenvalue weighted by atomic mass is 10.0. The number of sulfonamides is 1. The molecule has 2 fully saturated rings. The third-order valence-corrected chi connectivity index (χ3v) is 8.08. The molecule has 1 N–H and O–H groups in total. The summed E-state index contributed by atoms with van der Waals surface area (Å²) in [6.07, 6.45) is 4.53. The lowest BCUT2D eigenvalue weighted by Gasteiger charge is -2.31. The molecule has 1 atom stereocenters. The van der Waals surface area contributed by atoms with Gasteiger partial charge in [0, 0.05) is 46.0 Å². The Morgan fingerprint density at radius 2 is 1.94 bits per heavy atom. The molecule has 2 aliphatic rings. The Kier molecular flexibility index (Phi) is 8.93. The van der Waals surface area contributed by atoms with E-state index >= 15 is 0 Å². The van der Waals surface area contributed by atoms with Gasteiger partial charge in [0.1, 0.15) is 0 Å². The minimum atomic E-state index is -3.62. The topological polar surface area (TPSA) is 82.2 Å². The van der Waals surface area contributed by atoms with Crippen molar-refractivity contribution in [3.05, 3.63) is 23.8 Å². The van der Waals surface area contributed by atoms with Crippen LogP contribution < -0.4 is 10.2 Å². The average Bonchev–Trinajstić information content (AvgIpc) is 2.79. The van der Waals surface area contributed by atoms with Crippen LogP contribution in [0.2, 0.25) is 0 Å². The van der Waals surface area contributed by atoms with E-state index in [1.54, 1.807) is 12.1 Å². The van der Waals surface area contributed by atoms with Crippen LogP contribution in [-0.2, 0) is 14.8 Å². The van der Waals surface area contributed by atoms with Gasteiger partial charge in [-0.05, 0) is 62.9 Å². The van der Waals surface area contributed by atoms with Crippen LogP contribution in [0.3, 0.4) is 0 Å². The number of unbranched alkanes of at least 4 members (excludes halogenated alkanes) is 1. The predicted molar refractivity (Wildman–Crippen MR) is 127 cm³/mol. The van der Waals surface area contributed by atoms with Crippen molar-refractivity contribution in [3.8, 4) is 0 Å². The van der Waals surface area contributed by atoms with E-state index < -0.39 is 10.0 Å². The molecule has 0 aliphatic carbocycles. The van der Waals surface area contributed by atoms with Crippen LogP contribution in [0.15, 0.2) is 23.1 Å². The summed E-state index contributed by atoms with van der Waals surface area (Å²) in [4.78, 5) is 17.8. The molecule has 2 aliphatic heterocycles. The first-order chi connectivity index (χ1) is 15.3. The van der Waals surface area contributed by atoms with Crippen LogP contribution >= 0.6 is 0 Å². The average molecular weight is 467 g/mol. The lowest BCUT2D eigenvalue weighted by molar-refractivity contribution is 0.0950. The van der Waals surface area contributed by atoms with E-state index in [0.29, 0.717) is 38.4 Å². The Balaban J connectivity index is 1.64. The molecule has 3 rings (SSSR count). The van der Waals surface area contributed by atoms with Crippen molar-refractivity contribution in [1.29, 1.82) is 0 Å². The molecule has 2 heterocycles. The normalized spacial score (nSPS) is 20.5. The number of hydrogen-bond acceptors (Lipinski definition) is 6. The highest BCUT2D eigenvalue weighted by Gasteiger charge is 2.24. The van der Waals surface area contributed by atoms with Gasteiger partial charge >= 0.3 is 0 Å². The Hall–Kier alpha value is -1.68. The molecule has 0 spiro atoms. The van der Waals surface area contributed by atoms with Crippen molar-refractivity contribution in [2.75, 3.05) is 71.5 Å². The molecule has 0 bridgehead atoms. The van der Waals surface area contributed by atoms with E-state index in [9.17, 15) is 13.2 Å². The first kappa shape index (κ1) is 25.0. The number of carbonyl (C=O) groups is 1. The first-order valence-corrected chi connectivity index (χ1v) is 13.1. The van der Waals surface area contributed by atoms with Crippen molar-refractivity contribution >= 4 is 21.6 Å². The molecular formula is C23H38N4O4S. The number of hydrogen-bond donors (Lipinski definition) is 1. The van der Waals surface area contributed by atoms with Crippen LogP contribution in [0, 0.1) is 5.92 Å². The van der Waals surface area contributed by atoms with Crippen molar-refractivity contribution in [2.45, 2.75) is 37.5 Å². The van der Waals surface area contributed by atoms with Crippen molar-refractivity contribution in [1.82, 2.24) is 14.5 Å². The van der Waals surface area contributed by atoms with Gasteiger partial charge in [0.05, 0.1) is 23.7 Å². The zero-order valence-corrected chi connectivity index (χ0v) is 20.5. The van der Waals surface area contributed by atoms with Crippen molar-refractivity contribution in [2.24, 2.45) is 5.92 Å². The van der Waals surface area contributed by atoms with Gasteiger partial charge in [-0.25, -0.2) is 12.7 Å². The second-order valence-corrected chi connectivity index (χ2v) is 11.2. The number of morpholine rings is 1. The van der Waals surface area contributed by atoms with Crippen LogP contribution in [0.25, 0.3) is 0 Å². The van der Waals surface area contributed by atoms with E-state index in [2.05, 4.69) is 22.0 Å².